The molecule has 0 unspecified atom stereocenters. The van der Waals surface area contributed by atoms with Crippen LogP contribution in [0.3, 0.4) is 0 Å². The molecular weight excluding hydrogens is 255 g/mol. The third-order valence-corrected chi connectivity index (χ3v) is 4.67. The lowest BCUT2D eigenvalue weighted by molar-refractivity contribution is -0.274. The van der Waals surface area contributed by atoms with Gasteiger partial charge in [-0.05, 0) is 30.7 Å². The summed E-state index contributed by atoms with van der Waals surface area (Å²) in [5.74, 6) is 0.821. The molecule has 1 aromatic rings. The molecule has 0 aliphatic carbocycles. The first-order chi connectivity index (χ1) is 7.86. The van der Waals surface area contributed by atoms with Gasteiger partial charge in [0.15, 0.2) is 0 Å². The Hall–Kier alpha value is -1.24. The quantitative estimate of drug-likeness (QED) is 0.824. The summed E-state index contributed by atoms with van der Waals surface area (Å²) in [6.07, 6.45) is -3.81. The molecule has 1 aliphatic heterocycles. The molecule has 1 fully saturated rings. The zero-order valence-electron chi connectivity index (χ0n) is 8.74. The van der Waals surface area contributed by atoms with E-state index in [9.17, 15) is 17.4 Å². The van der Waals surface area contributed by atoms with E-state index in [4.69, 9.17) is 0 Å². The highest BCUT2D eigenvalue weighted by Crippen LogP contribution is 2.26. The Morgan fingerprint density at radius 1 is 1.18 bits per heavy atom. The van der Waals surface area contributed by atoms with E-state index in [1.54, 1.807) is 0 Å². The van der Waals surface area contributed by atoms with E-state index >= 15 is 0 Å². The topological polar surface area (TPSA) is 38.7 Å². The largest absolute Gasteiger partial charge is 0.573 e. The number of hydrogen-bond acceptors (Lipinski definition) is 3. The molecule has 1 saturated heterocycles. The standard InChI is InChI=1S/C10H10F3NO2S/c11-10(12,13)16-9-4-2-8(3-5-9)14-17(15)6-1-7-17/h2-5H,1,6-7H2. The van der Waals surface area contributed by atoms with Crippen molar-refractivity contribution in [2.24, 2.45) is 4.36 Å². The highest BCUT2D eigenvalue weighted by Gasteiger charge is 2.31. The first kappa shape index (κ1) is 12.2. The minimum Gasteiger partial charge on any atom is -0.406 e. The lowest BCUT2D eigenvalue weighted by Crippen LogP contribution is -2.22. The van der Waals surface area contributed by atoms with Crippen molar-refractivity contribution in [2.75, 3.05) is 11.5 Å². The average Bonchev–Trinajstić information content (AvgIpc) is 2.16. The van der Waals surface area contributed by atoms with Crippen molar-refractivity contribution < 1.29 is 22.1 Å². The number of rotatable bonds is 2. The van der Waals surface area contributed by atoms with Crippen LogP contribution in [0.25, 0.3) is 0 Å². The minimum atomic E-state index is -4.70. The highest BCUT2D eigenvalue weighted by atomic mass is 32.2. The molecule has 0 bridgehead atoms. The Balaban J connectivity index is 2.14. The molecule has 0 spiro atoms. The van der Waals surface area contributed by atoms with Gasteiger partial charge in [0.05, 0.1) is 15.4 Å². The van der Waals surface area contributed by atoms with E-state index in [-0.39, 0.29) is 5.75 Å². The van der Waals surface area contributed by atoms with Crippen LogP contribution in [0.15, 0.2) is 28.6 Å². The summed E-state index contributed by atoms with van der Waals surface area (Å²) in [5.41, 5.74) is 0.421. The van der Waals surface area contributed by atoms with Crippen molar-refractivity contribution in [1.82, 2.24) is 0 Å². The van der Waals surface area contributed by atoms with E-state index in [0.29, 0.717) is 17.2 Å². The van der Waals surface area contributed by atoms with Crippen molar-refractivity contribution in [1.29, 1.82) is 0 Å². The number of hydrogen-bond donors (Lipinski definition) is 0. The predicted octanol–water partition coefficient (Wildman–Crippen LogP) is 3.09. The van der Waals surface area contributed by atoms with Gasteiger partial charge in [-0.15, -0.1) is 13.2 Å². The molecule has 0 N–H and O–H groups in total. The smallest absolute Gasteiger partial charge is 0.406 e. The summed E-state index contributed by atoms with van der Waals surface area (Å²) in [4.78, 5) is 0. The van der Waals surface area contributed by atoms with Crippen LogP contribution in [-0.2, 0) is 9.73 Å². The SMILES string of the molecule is O=S1(=Nc2ccc(OC(F)(F)F)cc2)CCC1. The van der Waals surface area contributed by atoms with Crippen LogP contribution >= 0.6 is 0 Å². The molecule has 17 heavy (non-hydrogen) atoms. The minimum absolute atomic E-state index is 0.306. The van der Waals surface area contributed by atoms with Gasteiger partial charge in [-0.3, -0.25) is 0 Å². The number of nitrogens with zero attached hydrogens (tertiary/aromatic N) is 1. The van der Waals surface area contributed by atoms with Crippen LogP contribution < -0.4 is 4.74 Å². The zero-order chi connectivity index (χ0) is 12.5. The first-order valence-corrected chi connectivity index (χ1v) is 6.80. The molecule has 1 aromatic carbocycles. The van der Waals surface area contributed by atoms with E-state index in [1.165, 1.54) is 12.1 Å². The fourth-order valence-corrected chi connectivity index (χ4v) is 2.85. The maximum Gasteiger partial charge on any atom is 0.573 e. The number of benzene rings is 1. The molecule has 0 aromatic heterocycles. The van der Waals surface area contributed by atoms with Crippen LogP contribution in [0, 0.1) is 0 Å². The average molecular weight is 265 g/mol. The summed E-state index contributed by atoms with van der Waals surface area (Å²) >= 11 is 0. The summed E-state index contributed by atoms with van der Waals surface area (Å²) in [7, 11) is -2.13. The second-order valence-corrected chi connectivity index (χ2v) is 6.21. The third-order valence-electron chi connectivity index (χ3n) is 2.27. The summed E-state index contributed by atoms with van der Waals surface area (Å²) < 4.78 is 55.1. The maximum atomic E-state index is 11.9. The fourth-order valence-electron chi connectivity index (χ4n) is 1.38. The number of alkyl halides is 3. The van der Waals surface area contributed by atoms with Crippen molar-refractivity contribution in [3.8, 4) is 5.75 Å². The molecule has 94 valence electrons. The van der Waals surface area contributed by atoms with Crippen LogP contribution in [-0.4, -0.2) is 22.1 Å². The van der Waals surface area contributed by atoms with Gasteiger partial charge in [0.2, 0.25) is 0 Å². The molecule has 3 nitrogen and oxygen atoms in total. The second-order valence-electron chi connectivity index (χ2n) is 3.67. The summed E-state index contributed by atoms with van der Waals surface area (Å²) in [5, 5.41) is 0. The normalized spacial score (nSPS) is 18.3. The molecule has 7 heteroatoms. The zero-order valence-corrected chi connectivity index (χ0v) is 9.55. The monoisotopic (exact) mass is 265 g/mol. The van der Waals surface area contributed by atoms with Crippen molar-refractivity contribution in [3.63, 3.8) is 0 Å². The third kappa shape index (κ3) is 3.36. The molecular formula is C10H10F3NO2S. The van der Waals surface area contributed by atoms with E-state index in [2.05, 4.69) is 9.10 Å². The van der Waals surface area contributed by atoms with Gasteiger partial charge in [-0.25, -0.2) is 4.21 Å². The van der Waals surface area contributed by atoms with Crippen LogP contribution in [0.4, 0.5) is 18.9 Å². The molecule has 0 atom stereocenters. The van der Waals surface area contributed by atoms with Crippen molar-refractivity contribution in [3.05, 3.63) is 24.3 Å². The van der Waals surface area contributed by atoms with E-state index in [0.717, 1.165) is 18.6 Å². The van der Waals surface area contributed by atoms with Gasteiger partial charge < -0.3 is 4.74 Å². The molecule has 2 rings (SSSR count). The van der Waals surface area contributed by atoms with Gasteiger partial charge in [-0.1, -0.05) is 0 Å². The van der Waals surface area contributed by atoms with E-state index in [1.807, 2.05) is 0 Å². The maximum absolute atomic E-state index is 11.9. The molecule has 0 radical (unpaired) electrons. The molecule has 1 heterocycles. The summed E-state index contributed by atoms with van der Waals surface area (Å²) in [6.45, 7) is 0. The lowest BCUT2D eigenvalue weighted by Gasteiger charge is -2.17. The Bertz CT molecular complexity index is 505. The Morgan fingerprint density at radius 3 is 2.18 bits per heavy atom. The number of ether oxygens (including phenoxy) is 1. The van der Waals surface area contributed by atoms with Crippen LogP contribution in [0.2, 0.25) is 0 Å². The van der Waals surface area contributed by atoms with Gasteiger partial charge in [0, 0.05) is 11.5 Å². The Kier molecular flexibility index (Phi) is 3.03. The van der Waals surface area contributed by atoms with Gasteiger partial charge in [0.1, 0.15) is 5.75 Å². The van der Waals surface area contributed by atoms with Crippen LogP contribution in [0.1, 0.15) is 6.42 Å². The molecule has 1 aliphatic rings. The first-order valence-electron chi connectivity index (χ1n) is 4.95. The predicted molar refractivity (Wildman–Crippen MR) is 57.7 cm³/mol. The van der Waals surface area contributed by atoms with Crippen molar-refractivity contribution in [2.45, 2.75) is 12.8 Å². The van der Waals surface area contributed by atoms with Gasteiger partial charge >= 0.3 is 6.36 Å². The Morgan fingerprint density at radius 2 is 1.76 bits per heavy atom. The summed E-state index contributed by atoms with van der Waals surface area (Å²) in [6, 6.07) is 5.06. The number of halogens is 3. The fraction of sp³-hybridized carbons (Fsp3) is 0.400. The van der Waals surface area contributed by atoms with Gasteiger partial charge in [0.25, 0.3) is 0 Å². The molecule has 0 amide bonds. The molecule has 0 saturated carbocycles. The lowest BCUT2D eigenvalue weighted by atomic mass is 10.3. The Labute approximate surface area is 96.8 Å². The second kappa shape index (κ2) is 4.21. The van der Waals surface area contributed by atoms with Crippen molar-refractivity contribution >= 4 is 15.4 Å². The highest BCUT2D eigenvalue weighted by molar-refractivity contribution is 7.95. The van der Waals surface area contributed by atoms with E-state index < -0.39 is 16.1 Å². The van der Waals surface area contributed by atoms with Crippen LogP contribution in [0.5, 0.6) is 5.75 Å². The van der Waals surface area contributed by atoms with Gasteiger partial charge in [-0.2, -0.15) is 4.36 Å².